The first-order valence-electron chi connectivity index (χ1n) is 9.61. The standard InChI is InChI=1S/C23H27N5O/c1-6-22-24-20(19-9-7-8-10-21(19)29-5)15-23(25-22)27-26-16(2)17-11-13-18(14-12-17)28(3)4/h7-15H,6H2,1-5H3,(H,24,25,27). The average Bonchev–Trinajstić information content (AvgIpc) is 2.77. The number of aromatic nitrogens is 2. The van der Waals surface area contributed by atoms with Gasteiger partial charge in [0.25, 0.3) is 0 Å². The summed E-state index contributed by atoms with van der Waals surface area (Å²) in [5, 5.41) is 4.52. The van der Waals surface area contributed by atoms with E-state index in [9.17, 15) is 0 Å². The first-order chi connectivity index (χ1) is 14.0. The normalized spacial score (nSPS) is 11.3. The molecule has 0 radical (unpaired) electrons. The second-order valence-electron chi connectivity index (χ2n) is 6.86. The number of hydrogen-bond acceptors (Lipinski definition) is 6. The molecule has 2 aromatic carbocycles. The predicted molar refractivity (Wildman–Crippen MR) is 120 cm³/mol. The molecule has 0 saturated carbocycles. The fourth-order valence-corrected chi connectivity index (χ4v) is 2.91. The summed E-state index contributed by atoms with van der Waals surface area (Å²) in [5.74, 6) is 2.18. The number of hydrogen-bond donors (Lipinski definition) is 1. The quantitative estimate of drug-likeness (QED) is 0.472. The first kappa shape index (κ1) is 20.3. The van der Waals surface area contributed by atoms with Gasteiger partial charge in [0, 0.05) is 37.8 Å². The second-order valence-corrected chi connectivity index (χ2v) is 6.86. The molecule has 0 saturated heterocycles. The monoisotopic (exact) mass is 389 g/mol. The summed E-state index contributed by atoms with van der Waals surface area (Å²) >= 11 is 0. The molecule has 0 aliphatic rings. The maximum atomic E-state index is 5.48. The summed E-state index contributed by atoms with van der Waals surface area (Å²) in [6.45, 7) is 4.01. The van der Waals surface area contributed by atoms with Gasteiger partial charge in [-0.3, -0.25) is 5.43 Å². The van der Waals surface area contributed by atoms with E-state index < -0.39 is 0 Å². The van der Waals surface area contributed by atoms with Gasteiger partial charge in [-0.15, -0.1) is 0 Å². The molecule has 0 aliphatic heterocycles. The third-order valence-electron chi connectivity index (χ3n) is 4.61. The van der Waals surface area contributed by atoms with Gasteiger partial charge in [-0.2, -0.15) is 5.10 Å². The molecule has 1 N–H and O–H groups in total. The molecular weight excluding hydrogens is 362 g/mol. The van der Waals surface area contributed by atoms with E-state index in [2.05, 4.69) is 49.7 Å². The highest BCUT2D eigenvalue weighted by molar-refractivity contribution is 5.99. The molecular formula is C23H27N5O. The Kier molecular flexibility index (Phi) is 6.44. The van der Waals surface area contributed by atoms with Crippen LogP contribution >= 0.6 is 0 Å². The highest BCUT2D eigenvalue weighted by atomic mass is 16.5. The van der Waals surface area contributed by atoms with Crippen molar-refractivity contribution in [2.45, 2.75) is 20.3 Å². The number of anilines is 2. The van der Waals surface area contributed by atoms with Crippen molar-refractivity contribution in [2.75, 3.05) is 31.5 Å². The summed E-state index contributed by atoms with van der Waals surface area (Å²) in [7, 11) is 5.71. The second kappa shape index (κ2) is 9.19. The minimum Gasteiger partial charge on any atom is -0.496 e. The predicted octanol–water partition coefficient (Wildman–Crippen LogP) is 4.62. The molecule has 3 rings (SSSR count). The summed E-state index contributed by atoms with van der Waals surface area (Å²) in [5.41, 5.74) is 7.91. The molecule has 0 amide bonds. The summed E-state index contributed by atoms with van der Waals surface area (Å²) in [6.07, 6.45) is 0.729. The fourth-order valence-electron chi connectivity index (χ4n) is 2.91. The van der Waals surface area contributed by atoms with Crippen molar-refractivity contribution in [1.82, 2.24) is 9.97 Å². The number of ether oxygens (including phenoxy) is 1. The van der Waals surface area contributed by atoms with Crippen LogP contribution in [0.5, 0.6) is 5.75 Å². The van der Waals surface area contributed by atoms with Crippen LogP contribution in [0.3, 0.4) is 0 Å². The van der Waals surface area contributed by atoms with Crippen LogP contribution < -0.4 is 15.1 Å². The van der Waals surface area contributed by atoms with E-state index in [1.807, 2.05) is 58.3 Å². The number of nitrogens with zero attached hydrogens (tertiary/aromatic N) is 4. The summed E-state index contributed by atoms with van der Waals surface area (Å²) < 4.78 is 5.48. The van der Waals surface area contributed by atoms with Crippen LogP contribution in [0, 0.1) is 0 Å². The van der Waals surface area contributed by atoms with E-state index >= 15 is 0 Å². The van der Waals surface area contributed by atoms with E-state index in [1.165, 1.54) is 0 Å². The number of methoxy groups -OCH3 is 1. The molecule has 6 heteroatoms. The molecule has 1 heterocycles. The van der Waals surface area contributed by atoms with Crippen LogP contribution in [0.25, 0.3) is 11.3 Å². The molecule has 0 spiro atoms. The first-order valence-corrected chi connectivity index (χ1v) is 9.61. The maximum Gasteiger partial charge on any atom is 0.150 e. The Bertz CT molecular complexity index is 996. The van der Waals surface area contributed by atoms with Crippen molar-refractivity contribution in [3.05, 3.63) is 66.0 Å². The van der Waals surface area contributed by atoms with Crippen molar-refractivity contribution < 1.29 is 4.74 Å². The van der Waals surface area contributed by atoms with Gasteiger partial charge >= 0.3 is 0 Å². The molecule has 0 aliphatic carbocycles. The zero-order chi connectivity index (χ0) is 20.8. The Balaban J connectivity index is 1.88. The number of nitrogens with one attached hydrogen (secondary N) is 1. The van der Waals surface area contributed by atoms with Crippen LogP contribution in [0.2, 0.25) is 0 Å². The van der Waals surface area contributed by atoms with Gasteiger partial charge in [0.2, 0.25) is 0 Å². The molecule has 0 bridgehead atoms. The van der Waals surface area contributed by atoms with Crippen LogP contribution in [-0.4, -0.2) is 36.9 Å². The Morgan fingerprint density at radius 2 is 1.79 bits per heavy atom. The van der Waals surface area contributed by atoms with Crippen LogP contribution in [-0.2, 0) is 6.42 Å². The van der Waals surface area contributed by atoms with Crippen molar-refractivity contribution in [3.8, 4) is 17.0 Å². The van der Waals surface area contributed by atoms with Crippen LogP contribution in [0.15, 0.2) is 59.7 Å². The van der Waals surface area contributed by atoms with E-state index in [0.29, 0.717) is 5.82 Å². The lowest BCUT2D eigenvalue weighted by Crippen LogP contribution is -2.09. The zero-order valence-electron chi connectivity index (χ0n) is 17.6. The maximum absolute atomic E-state index is 5.48. The van der Waals surface area contributed by atoms with Gasteiger partial charge in [-0.1, -0.05) is 31.2 Å². The molecule has 0 fully saturated rings. The summed E-state index contributed by atoms with van der Waals surface area (Å²) in [6, 6.07) is 18.0. The van der Waals surface area contributed by atoms with E-state index in [1.54, 1.807) is 7.11 Å². The molecule has 1 aromatic heterocycles. The van der Waals surface area contributed by atoms with Gasteiger partial charge in [0.1, 0.15) is 11.6 Å². The number of benzene rings is 2. The smallest absolute Gasteiger partial charge is 0.150 e. The van der Waals surface area contributed by atoms with Crippen LogP contribution in [0.1, 0.15) is 25.2 Å². The molecule has 0 atom stereocenters. The third-order valence-corrected chi connectivity index (χ3v) is 4.61. The van der Waals surface area contributed by atoms with E-state index in [-0.39, 0.29) is 0 Å². The topological polar surface area (TPSA) is 62.6 Å². The highest BCUT2D eigenvalue weighted by Gasteiger charge is 2.10. The highest BCUT2D eigenvalue weighted by Crippen LogP contribution is 2.29. The number of aryl methyl sites for hydroxylation is 1. The number of para-hydroxylation sites is 1. The van der Waals surface area contributed by atoms with Crippen LogP contribution in [0.4, 0.5) is 11.5 Å². The number of hydrazone groups is 1. The molecule has 0 unspecified atom stereocenters. The van der Waals surface area contributed by atoms with Crippen molar-refractivity contribution >= 4 is 17.2 Å². The average molecular weight is 390 g/mol. The molecule has 29 heavy (non-hydrogen) atoms. The lowest BCUT2D eigenvalue weighted by molar-refractivity contribution is 0.416. The van der Waals surface area contributed by atoms with Gasteiger partial charge in [0.05, 0.1) is 18.5 Å². The van der Waals surface area contributed by atoms with E-state index in [0.717, 1.165) is 46.2 Å². The van der Waals surface area contributed by atoms with E-state index in [4.69, 9.17) is 4.74 Å². The van der Waals surface area contributed by atoms with Gasteiger partial charge in [-0.05, 0) is 36.8 Å². The lowest BCUT2D eigenvalue weighted by atomic mass is 10.1. The molecule has 150 valence electrons. The minimum atomic E-state index is 0.655. The lowest BCUT2D eigenvalue weighted by Gasteiger charge is -2.13. The minimum absolute atomic E-state index is 0.655. The Labute approximate surface area is 172 Å². The third kappa shape index (κ3) is 4.90. The van der Waals surface area contributed by atoms with Crippen molar-refractivity contribution in [2.24, 2.45) is 5.10 Å². The largest absolute Gasteiger partial charge is 0.496 e. The van der Waals surface area contributed by atoms with Crippen molar-refractivity contribution in [1.29, 1.82) is 0 Å². The van der Waals surface area contributed by atoms with Gasteiger partial charge in [0.15, 0.2) is 5.82 Å². The SMILES string of the molecule is CCc1nc(NN=C(C)c2ccc(N(C)C)cc2)cc(-c2ccccc2OC)n1. The summed E-state index contributed by atoms with van der Waals surface area (Å²) in [4.78, 5) is 11.3. The van der Waals surface area contributed by atoms with Gasteiger partial charge < -0.3 is 9.64 Å². The molecule has 6 nitrogen and oxygen atoms in total. The Morgan fingerprint density at radius 3 is 2.45 bits per heavy atom. The fraction of sp³-hybridized carbons (Fsp3) is 0.261. The zero-order valence-corrected chi connectivity index (χ0v) is 17.6. The number of rotatable bonds is 7. The Morgan fingerprint density at radius 1 is 1.07 bits per heavy atom. The van der Waals surface area contributed by atoms with Gasteiger partial charge in [-0.25, -0.2) is 9.97 Å². The van der Waals surface area contributed by atoms with Crippen molar-refractivity contribution in [3.63, 3.8) is 0 Å². The Hall–Kier alpha value is -3.41. The molecule has 3 aromatic rings.